The van der Waals surface area contributed by atoms with Crippen LogP contribution in [0.4, 0.5) is 13.2 Å². The first-order valence-electron chi connectivity index (χ1n) is 13.1. The topological polar surface area (TPSA) is 90.0 Å². The summed E-state index contributed by atoms with van der Waals surface area (Å²) in [7, 11) is 0. The molecule has 4 aliphatic rings. The minimum atomic E-state index is -5.08. The van der Waals surface area contributed by atoms with Gasteiger partial charge in [-0.15, -0.1) is 0 Å². The quantitative estimate of drug-likeness (QED) is 0.617. The number of aliphatic carboxylic acids is 1. The molecule has 2 N–H and O–H groups in total. The van der Waals surface area contributed by atoms with E-state index in [9.17, 15) is 22.8 Å². The van der Waals surface area contributed by atoms with Gasteiger partial charge >= 0.3 is 12.1 Å². The largest absolute Gasteiger partial charge is 0.490 e. The SMILES string of the molecule is CCCCN1C[C@H]2C(=O)NC3(CCN(C(=O)C4(c5ccc(C)cc5)CC4)CC3)[C@H]2C1.O=C(O)C(F)(F)F. The monoisotopic (exact) mass is 523 g/mol. The van der Waals surface area contributed by atoms with E-state index in [1.54, 1.807) is 0 Å². The number of unbranched alkanes of at least 4 members (excludes halogenated alkanes) is 1. The molecule has 1 saturated carbocycles. The molecule has 5 rings (SSSR count). The van der Waals surface area contributed by atoms with Crippen molar-refractivity contribution in [3.05, 3.63) is 35.4 Å². The Hall–Kier alpha value is -2.62. The third-order valence-corrected chi connectivity index (χ3v) is 8.59. The van der Waals surface area contributed by atoms with Gasteiger partial charge in [-0.25, -0.2) is 4.79 Å². The lowest BCUT2D eigenvalue weighted by atomic mass is 9.75. The lowest BCUT2D eigenvalue weighted by molar-refractivity contribution is -0.192. The molecule has 1 aromatic rings. The lowest BCUT2D eigenvalue weighted by Gasteiger charge is -2.43. The number of piperidine rings is 1. The molecule has 1 spiro atoms. The van der Waals surface area contributed by atoms with E-state index < -0.39 is 12.1 Å². The van der Waals surface area contributed by atoms with E-state index in [1.807, 2.05) is 0 Å². The molecule has 3 heterocycles. The summed E-state index contributed by atoms with van der Waals surface area (Å²) in [6, 6.07) is 8.51. The van der Waals surface area contributed by atoms with Gasteiger partial charge in [0.2, 0.25) is 11.8 Å². The highest BCUT2D eigenvalue weighted by molar-refractivity contribution is 5.91. The van der Waals surface area contributed by atoms with E-state index in [0.717, 1.165) is 58.4 Å². The van der Waals surface area contributed by atoms with Crippen LogP contribution in [0.3, 0.4) is 0 Å². The fraction of sp³-hybridized carbons (Fsp3) is 0.667. The van der Waals surface area contributed by atoms with Crippen LogP contribution < -0.4 is 5.32 Å². The molecule has 2 amide bonds. The second-order valence-electron chi connectivity index (χ2n) is 11.0. The van der Waals surface area contributed by atoms with Gasteiger partial charge in [0, 0.05) is 37.6 Å². The Kier molecular flexibility index (Phi) is 7.61. The number of rotatable bonds is 5. The van der Waals surface area contributed by atoms with Crippen molar-refractivity contribution in [1.29, 1.82) is 0 Å². The first kappa shape index (κ1) is 27.4. The number of alkyl halides is 3. The molecule has 10 heteroatoms. The van der Waals surface area contributed by atoms with Crippen molar-refractivity contribution in [2.75, 3.05) is 32.7 Å². The number of carboxylic acid groups (broad SMARTS) is 1. The number of carbonyl (C=O) groups excluding carboxylic acids is 2. The van der Waals surface area contributed by atoms with Crippen molar-refractivity contribution in [3.8, 4) is 0 Å². The summed E-state index contributed by atoms with van der Waals surface area (Å²) in [4.78, 5) is 39.7. The number of fused-ring (bicyclic) bond motifs is 2. The number of likely N-dealkylation sites (tertiary alicyclic amines) is 2. The molecule has 2 atom stereocenters. The number of hydrogen-bond acceptors (Lipinski definition) is 4. The van der Waals surface area contributed by atoms with Gasteiger partial charge in [-0.05, 0) is 51.1 Å². The summed E-state index contributed by atoms with van der Waals surface area (Å²) in [5, 5.41) is 10.5. The van der Waals surface area contributed by atoms with Crippen LogP contribution in [0.5, 0.6) is 0 Å². The summed E-state index contributed by atoms with van der Waals surface area (Å²) < 4.78 is 31.7. The molecule has 7 nitrogen and oxygen atoms in total. The fourth-order valence-electron chi connectivity index (χ4n) is 6.24. The Bertz CT molecular complexity index is 1010. The second-order valence-corrected chi connectivity index (χ2v) is 11.0. The summed E-state index contributed by atoms with van der Waals surface area (Å²) in [6.45, 7) is 8.90. The van der Waals surface area contributed by atoms with Crippen molar-refractivity contribution in [3.63, 3.8) is 0 Å². The van der Waals surface area contributed by atoms with Crippen LogP contribution in [0.2, 0.25) is 0 Å². The third-order valence-electron chi connectivity index (χ3n) is 8.59. The average molecular weight is 524 g/mol. The highest BCUT2D eigenvalue weighted by Crippen LogP contribution is 2.51. The van der Waals surface area contributed by atoms with Crippen LogP contribution in [0.15, 0.2) is 24.3 Å². The predicted molar refractivity (Wildman–Crippen MR) is 131 cm³/mol. The molecule has 4 fully saturated rings. The molecule has 204 valence electrons. The molecule has 37 heavy (non-hydrogen) atoms. The van der Waals surface area contributed by atoms with Crippen molar-refractivity contribution in [1.82, 2.24) is 15.1 Å². The predicted octanol–water partition coefficient (Wildman–Crippen LogP) is 3.50. The molecule has 0 bridgehead atoms. The first-order valence-corrected chi connectivity index (χ1v) is 13.1. The summed E-state index contributed by atoms with van der Waals surface area (Å²) in [5.74, 6) is -1.65. The summed E-state index contributed by atoms with van der Waals surface area (Å²) >= 11 is 0. The number of hydrogen-bond donors (Lipinski definition) is 2. The zero-order valence-corrected chi connectivity index (χ0v) is 21.4. The lowest BCUT2D eigenvalue weighted by Crippen LogP contribution is -2.57. The number of amides is 2. The molecule has 0 unspecified atom stereocenters. The zero-order valence-electron chi connectivity index (χ0n) is 21.4. The molecule has 0 aromatic heterocycles. The number of benzene rings is 1. The van der Waals surface area contributed by atoms with Gasteiger partial charge in [0.25, 0.3) is 0 Å². The van der Waals surface area contributed by atoms with Crippen LogP contribution in [0.1, 0.15) is 56.6 Å². The molecule has 1 aromatic carbocycles. The van der Waals surface area contributed by atoms with Crippen molar-refractivity contribution in [2.24, 2.45) is 11.8 Å². The van der Waals surface area contributed by atoms with E-state index in [2.05, 4.69) is 53.2 Å². The maximum atomic E-state index is 13.5. The Morgan fingerprint density at radius 1 is 1.08 bits per heavy atom. The van der Waals surface area contributed by atoms with Gasteiger partial charge in [0.05, 0.1) is 11.3 Å². The average Bonchev–Trinajstić information content (AvgIpc) is 3.48. The molecule has 3 aliphatic heterocycles. The van der Waals surface area contributed by atoms with Gasteiger partial charge in [-0.1, -0.05) is 43.2 Å². The van der Waals surface area contributed by atoms with Crippen LogP contribution in [-0.2, 0) is 19.8 Å². The van der Waals surface area contributed by atoms with Crippen LogP contribution in [0, 0.1) is 18.8 Å². The fourth-order valence-corrected chi connectivity index (χ4v) is 6.24. The smallest absolute Gasteiger partial charge is 0.475 e. The number of nitrogens with zero attached hydrogens (tertiary/aromatic N) is 2. The van der Waals surface area contributed by atoms with Gasteiger partial charge < -0.3 is 20.2 Å². The Balaban J connectivity index is 0.000000405. The second kappa shape index (κ2) is 10.3. The first-order chi connectivity index (χ1) is 17.4. The molecule has 0 radical (unpaired) electrons. The highest BCUT2D eigenvalue weighted by atomic mass is 19.4. The number of aryl methyl sites for hydroxylation is 1. The molecular formula is C27H36F3N3O4. The number of carbonyl (C=O) groups is 3. The van der Waals surface area contributed by atoms with Crippen molar-refractivity contribution < 1.29 is 32.7 Å². The van der Waals surface area contributed by atoms with E-state index in [-0.39, 0.29) is 22.8 Å². The maximum absolute atomic E-state index is 13.5. The Morgan fingerprint density at radius 2 is 1.68 bits per heavy atom. The van der Waals surface area contributed by atoms with Gasteiger partial charge in [-0.2, -0.15) is 13.2 Å². The number of halogens is 3. The third kappa shape index (κ3) is 5.49. The number of nitrogens with one attached hydrogen (secondary N) is 1. The number of carboxylic acids is 1. The maximum Gasteiger partial charge on any atom is 0.490 e. The minimum absolute atomic E-state index is 0.0972. The van der Waals surface area contributed by atoms with Crippen molar-refractivity contribution in [2.45, 2.75) is 69.5 Å². The molecular weight excluding hydrogens is 487 g/mol. The summed E-state index contributed by atoms with van der Waals surface area (Å²) in [6.07, 6.45) is 1.05. The normalized spacial score (nSPS) is 25.8. The van der Waals surface area contributed by atoms with E-state index in [1.165, 1.54) is 24.0 Å². The summed E-state index contributed by atoms with van der Waals surface area (Å²) in [5.41, 5.74) is 2.03. The zero-order chi connectivity index (χ0) is 27.0. The van der Waals surface area contributed by atoms with E-state index in [4.69, 9.17) is 9.90 Å². The van der Waals surface area contributed by atoms with Gasteiger partial charge in [-0.3, -0.25) is 9.59 Å². The van der Waals surface area contributed by atoms with Crippen LogP contribution in [0.25, 0.3) is 0 Å². The molecule has 3 saturated heterocycles. The molecule has 1 aliphatic carbocycles. The standard InChI is InChI=1S/C25H35N3O2.C2HF3O2/c1-3-4-13-27-16-20-21(17-27)25(26-22(20)29)11-14-28(15-12-25)23(30)24(9-10-24)19-7-5-18(2)6-8-19;3-2(4,5)1(6)7/h5-8,20-21H,3-4,9-17H2,1-2H3,(H,26,29);(H,6,7)/t20-,21+;/m1./s1. The van der Waals surface area contributed by atoms with Crippen LogP contribution in [-0.4, -0.2) is 77.1 Å². The Morgan fingerprint density at radius 3 is 2.19 bits per heavy atom. The minimum Gasteiger partial charge on any atom is -0.475 e. The van der Waals surface area contributed by atoms with E-state index >= 15 is 0 Å². The highest BCUT2D eigenvalue weighted by Gasteiger charge is 2.59. The Labute approximate surface area is 215 Å². The van der Waals surface area contributed by atoms with Gasteiger partial charge in [0.15, 0.2) is 0 Å². The van der Waals surface area contributed by atoms with Crippen molar-refractivity contribution >= 4 is 17.8 Å². The van der Waals surface area contributed by atoms with Crippen LogP contribution >= 0.6 is 0 Å². The van der Waals surface area contributed by atoms with Gasteiger partial charge in [0.1, 0.15) is 0 Å². The van der Waals surface area contributed by atoms with E-state index in [0.29, 0.717) is 11.8 Å².